The summed E-state index contributed by atoms with van der Waals surface area (Å²) in [5.74, 6) is 2.23. The van der Waals surface area contributed by atoms with Crippen LogP contribution in [0.15, 0.2) is 35.2 Å². The van der Waals surface area contributed by atoms with Gasteiger partial charge in [-0.2, -0.15) is 5.10 Å². The van der Waals surface area contributed by atoms with Gasteiger partial charge in [-0.05, 0) is 58.9 Å². The minimum Gasteiger partial charge on any atom is -0.357 e. The molecule has 10 heteroatoms. The lowest BCUT2D eigenvalue weighted by Crippen LogP contribution is -2.23. The lowest BCUT2D eigenvalue weighted by Gasteiger charge is -2.20. The zero-order valence-electron chi connectivity index (χ0n) is 18.8. The molecule has 2 heterocycles. The number of sulfonamides is 1. The molecule has 0 unspecified atom stereocenters. The number of nitrogens with one attached hydrogen (secondary N) is 2. The molecule has 9 nitrogen and oxygen atoms in total. The van der Waals surface area contributed by atoms with Crippen LogP contribution in [-0.4, -0.2) is 41.3 Å². The van der Waals surface area contributed by atoms with E-state index in [-0.39, 0.29) is 4.90 Å². The van der Waals surface area contributed by atoms with Crippen molar-refractivity contribution in [1.82, 2.24) is 19.7 Å². The fourth-order valence-electron chi connectivity index (χ4n) is 3.44. The van der Waals surface area contributed by atoms with Gasteiger partial charge in [-0.1, -0.05) is 0 Å². The average molecular weight is 444 g/mol. The predicted octanol–water partition coefficient (Wildman–Crippen LogP) is 3.53. The Hall–Kier alpha value is -3.14. The van der Waals surface area contributed by atoms with Crippen molar-refractivity contribution in [1.29, 1.82) is 0 Å². The lowest BCUT2D eigenvalue weighted by atomic mass is 10.3. The van der Waals surface area contributed by atoms with Crippen LogP contribution in [-0.2, 0) is 17.1 Å². The van der Waals surface area contributed by atoms with E-state index in [1.54, 1.807) is 49.8 Å². The van der Waals surface area contributed by atoms with Gasteiger partial charge in [0.1, 0.15) is 22.4 Å². The van der Waals surface area contributed by atoms with Crippen LogP contribution in [0.1, 0.15) is 31.1 Å². The molecular weight excluding hydrogens is 414 g/mol. The van der Waals surface area contributed by atoms with Gasteiger partial charge in [-0.3, -0.25) is 9.40 Å². The molecule has 0 saturated heterocycles. The van der Waals surface area contributed by atoms with Crippen LogP contribution in [0, 0.1) is 20.8 Å². The van der Waals surface area contributed by atoms with E-state index in [1.807, 2.05) is 13.0 Å². The minimum atomic E-state index is -3.73. The van der Waals surface area contributed by atoms with Crippen molar-refractivity contribution in [2.75, 3.05) is 28.0 Å². The summed E-state index contributed by atoms with van der Waals surface area (Å²) in [6, 6.07) is 8.93. The van der Waals surface area contributed by atoms with Gasteiger partial charge in [0.25, 0.3) is 10.0 Å². The van der Waals surface area contributed by atoms with Gasteiger partial charge >= 0.3 is 0 Å². The van der Waals surface area contributed by atoms with E-state index >= 15 is 0 Å². The highest BCUT2D eigenvalue weighted by Gasteiger charge is 2.23. The van der Waals surface area contributed by atoms with Gasteiger partial charge in [0.15, 0.2) is 0 Å². The van der Waals surface area contributed by atoms with Crippen molar-refractivity contribution in [3.63, 3.8) is 0 Å². The van der Waals surface area contributed by atoms with Gasteiger partial charge in [0, 0.05) is 37.6 Å². The number of anilines is 4. The van der Waals surface area contributed by atoms with Crippen molar-refractivity contribution in [3.05, 3.63) is 47.5 Å². The largest absolute Gasteiger partial charge is 0.357 e. The van der Waals surface area contributed by atoms with Gasteiger partial charge < -0.3 is 10.2 Å². The predicted molar refractivity (Wildman–Crippen MR) is 124 cm³/mol. The smallest absolute Gasteiger partial charge is 0.265 e. The van der Waals surface area contributed by atoms with Crippen LogP contribution in [0.2, 0.25) is 0 Å². The van der Waals surface area contributed by atoms with E-state index in [0.717, 1.165) is 24.6 Å². The Morgan fingerprint density at radius 3 is 2.16 bits per heavy atom. The van der Waals surface area contributed by atoms with Crippen molar-refractivity contribution in [3.8, 4) is 0 Å². The molecule has 0 amide bonds. The molecule has 0 spiro atoms. The topological polar surface area (TPSA) is 105 Å². The van der Waals surface area contributed by atoms with Crippen molar-refractivity contribution in [2.45, 2.75) is 39.5 Å². The third-order valence-electron chi connectivity index (χ3n) is 5.03. The van der Waals surface area contributed by atoms with E-state index in [9.17, 15) is 8.42 Å². The third kappa shape index (κ3) is 4.96. The maximum absolute atomic E-state index is 12.8. The van der Waals surface area contributed by atoms with Crippen LogP contribution >= 0.6 is 0 Å². The molecule has 0 bridgehead atoms. The molecule has 166 valence electrons. The quantitative estimate of drug-likeness (QED) is 0.549. The van der Waals surface area contributed by atoms with E-state index in [1.165, 1.54) is 0 Å². The molecule has 0 aliphatic heterocycles. The van der Waals surface area contributed by atoms with Crippen LogP contribution < -0.4 is 14.9 Å². The number of nitrogens with zero attached hydrogens (tertiary/aromatic N) is 5. The molecule has 0 fully saturated rings. The fraction of sp³-hybridized carbons (Fsp3) is 0.381. The Morgan fingerprint density at radius 1 is 1.00 bits per heavy atom. The number of aromatic nitrogens is 4. The highest BCUT2D eigenvalue weighted by atomic mass is 32.2. The monoisotopic (exact) mass is 443 g/mol. The second kappa shape index (κ2) is 8.93. The summed E-state index contributed by atoms with van der Waals surface area (Å²) in [6.45, 7) is 11.2. The van der Waals surface area contributed by atoms with Crippen LogP contribution in [0.4, 0.5) is 23.0 Å². The van der Waals surface area contributed by atoms with E-state index in [4.69, 9.17) is 0 Å². The third-order valence-corrected chi connectivity index (χ3v) is 6.67. The molecule has 0 aliphatic rings. The molecule has 2 aromatic heterocycles. The number of rotatable bonds is 8. The van der Waals surface area contributed by atoms with Crippen LogP contribution in [0.3, 0.4) is 0 Å². The highest BCUT2D eigenvalue weighted by molar-refractivity contribution is 7.92. The summed E-state index contributed by atoms with van der Waals surface area (Å²) in [5, 5.41) is 7.45. The summed E-state index contributed by atoms with van der Waals surface area (Å²) >= 11 is 0. The van der Waals surface area contributed by atoms with E-state index in [0.29, 0.717) is 28.7 Å². The molecule has 0 aliphatic carbocycles. The molecule has 31 heavy (non-hydrogen) atoms. The normalized spacial score (nSPS) is 11.4. The Morgan fingerprint density at radius 2 is 1.61 bits per heavy atom. The Labute approximate surface area is 183 Å². The standard InChI is InChI=1S/C21H29N7O2S/c1-7-28(8-2)20-13-19(22-16(5)23-20)24-17-9-11-18(12-10-17)26-31(29,30)21-14(3)25-27(6)15(21)4/h9-13,26H,7-8H2,1-6H3,(H,22,23,24). The summed E-state index contributed by atoms with van der Waals surface area (Å²) in [6.07, 6.45) is 0. The lowest BCUT2D eigenvalue weighted by molar-refractivity contribution is 0.599. The van der Waals surface area contributed by atoms with Crippen molar-refractivity contribution < 1.29 is 8.42 Å². The van der Waals surface area contributed by atoms with Crippen LogP contribution in [0.25, 0.3) is 0 Å². The summed E-state index contributed by atoms with van der Waals surface area (Å²) < 4.78 is 29.8. The molecule has 2 N–H and O–H groups in total. The van der Waals surface area contributed by atoms with Crippen molar-refractivity contribution in [2.24, 2.45) is 7.05 Å². The maximum Gasteiger partial charge on any atom is 0.265 e. The fourth-order valence-corrected chi connectivity index (χ4v) is 4.94. The van der Waals surface area contributed by atoms with Gasteiger partial charge in [-0.15, -0.1) is 0 Å². The second-order valence-electron chi connectivity index (χ2n) is 7.26. The van der Waals surface area contributed by atoms with Gasteiger partial charge in [-0.25, -0.2) is 18.4 Å². The Bertz CT molecular complexity index is 1170. The van der Waals surface area contributed by atoms with Crippen molar-refractivity contribution >= 4 is 33.0 Å². The molecule has 0 radical (unpaired) electrons. The number of hydrogen-bond donors (Lipinski definition) is 2. The minimum absolute atomic E-state index is 0.206. The maximum atomic E-state index is 12.8. The first-order valence-corrected chi connectivity index (χ1v) is 11.6. The number of hydrogen-bond acceptors (Lipinski definition) is 7. The molecule has 3 rings (SSSR count). The van der Waals surface area contributed by atoms with E-state index in [2.05, 4.69) is 43.9 Å². The van der Waals surface area contributed by atoms with E-state index < -0.39 is 10.0 Å². The van der Waals surface area contributed by atoms with Crippen LogP contribution in [0.5, 0.6) is 0 Å². The molecule has 0 atom stereocenters. The summed E-state index contributed by atoms with van der Waals surface area (Å²) in [4.78, 5) is 11.3. The molecule has 1 aromatic carbocycles. The Balaban J connectivity index is 1.78. The summed E-state index contributed by atoms with van der Waals surface area (Å²) in [5.41, 5.74) is 2.32. The molecular formula is C21H29N7O2S. The second-order valence-corrected chi connectivity index (χ2v) is 8.88. The SMILES string of the molecule is CCN(CC)c1cc(Nc2ccc(NS(=O)(=O)c3c(C)nn(C)c3C)cc2)nc(C)n1. The Kier molecular flexibility index (Phi) is 6.49. The number of benzene rings is 1. The first-order valence-electron chi connectivity index (χ1n) is 10.1. The zero-order chi connectivity index (χ0) is 22.8. The molecule has 3 aromatic rings. The highest BCUT2D eigenvalue weighted by Crippen LogP contribution is 2.24. The van der Waals surface area contributed by atoms with Gasteiger partial charge in [0.2, 0.25) is 0 Å². The first-order chi connectivity index (χ1) is 14.6. The summed E-state index contributed by atoms with van der Waals surface area (Å²) in [7, 11) is -2.01. The van der Waals surface area contributed by atoms with Gasteiger partial charge in [0.05, 0.1) is 11.4 Å². The number of aryl methyl sites for hydroxylation is 3. The first kappa shape index (κ1) is 22.5. The molecule has 0 saturated carbocycles. The zero-order valence-corrected chi connectivity index (χ0v) is 19.6. The average Bonchev–Trinajstić information content (AvgIpc) is 2.96.